The van der Waals surface area contributed by atoms with Gasteiger partial charge < -0.3 is 10.6 Å². The van der Waals surface area contributed by atoms with E-state index in [2.05, 4.69) is 10.6 Å². The zero-order valence-electron chi connectivity index (χ0n) is 11.9. The Morgan fingerprint density at radius 3 is 2.57 bits per heavy atom. The lowest BCUT2D eigenvalue weighted by atomic mass is 10.2. The predicted molar refractivity (Wildman–Crippen MR) is 90.4 cm³/mol. The fourth-order valence-corrected chi connectivity index (χ4v) is 2.42. The van der Waals surface area contributed by atoms with Crippen molar-refractivity contribution in [3.05, 3.63) is 68.2 Å². The van der Waals surface area contributed by atoms with Gasteiger partial charge in [0.2, 0.25) is 0 Å². The van der Waals surface area contributed by atoms with Crippen LogP contribution in [0, 0.1) is 10.1 Å². The first-order valence-corrected chi connectivity index (χ1v) is 7.45. The van der Waals surface area contributed by atoms with Gasteiger partial charge in [0.1, 0.15) is 5.69 Å². The van der Waals surface area contributed by atoms with E-state index in [1.54, 1.807) is 24.3 Å². The summed E-state index contributed by atoms with van der Waals surface area (Å²) >= 11 is 11.7. The van der Waals surface area contributed by atoms with Gasteiger partial charge in [0.15, 0.2) is 0 Å². The van der Waals surface area contributed by atoms with Crippen LogP contribution in [0.15, 0.2) is 42.5 Å². The molecule has 120 valence electrons. The maximum Gasteiger partial charge on any atom is 0.292 e. The van der Waals surface area contributed by atoms with E-state index < -0.39 is 4.92 Å². The average Bonchev–Trinajstić information content (AvgIpc) is 2.51. The van der Waals surface area contributed by atoms with Crippen LogP contribution in [-0.2, 0) is 0 Å². The molecule has 0 unspecified atom stereocenters. The Bertz CT molecular complexity index is 738. The third-order valence-electron chi connectivity index (χ3n) is 3.00. The Kier molecular flexibility index (Phi) is 5.78. The molecular formula is C15H13Cl2N3O3. The largest absolute Gasteiger partial charge is 0.378 e. The Morgan fingerprint density at radius 2 is 1.87 bits per heavy atom. The molecule has 0 radical (unpaired) electrons. The zero-order valence-corrected chi connectivity index (χ0v) is 13.4. The fraction of sp³-hybridized carbons (Fsp3) is 0.133. The van der Waals surface area contributed by atoms with Gasteiger partial charge in [0.05, 0.1) is 15.5 Å². The number of halogens is 2. The highest BCUT2D eigenvalue weighted by Crippen LogP contribution is 2.23. The van der Waals surface area contributed by atoms with E-state index in [-0.39, 0.29) is 23.2 Å². The number of nitro benzene ring substituents is 1. The molecule has 0 aromatic heterocycles. The number of nitrogens with one attached hydrogen (secondary N) is 2. The van der Waals surface area contributed by atoms with Crippen LogP contribution in [0.2, 0.25) is 10.0 Å². The summed E-state index contributed by atoms with van der Waals surface area (Å²) in [5.74, 6) is -0.337. The van der Waals surface area contributed by atoms with Gasteiger partial charge in [-0.05, 0) is 24.3 Å². The first-order chi connectivity index (χ1) is 11.0. The standard InChI is InChI=1S/C15H13Cl2N3O3/c16-10-5-6-11(12(17)9-10)15(21)19-8-7-18-13-3-1-2-4-14(13)20(22)23/h1-6,9,18H,7-8H2,(H,19,21). The molecule has 0 atom stereocenters. The minimum Gasteiger partial charge on any atom is -0.378 e. The Labute approximate surface area is 142 Å². The number of anilines is 1. The molecule has 2 N–H and O–H groups in total. The van der Waals surface area contributed by atoms with Gasteiger partial charge in [-0.1, -0.05) is 35.3 Å². The summed E-state index contributed by atoms with van der Waals surface area (Å²) < 4.78 is 0. The molecule has 0 spiro atoms. The maximum absolute atomic E-state index is 12.0. The van der Waals surface area contributed by atoms with Crippen molar-refractivity contribution in [2.24, 2.45) is 0 Å². The molecule has 8 heteroatoms. The van der Waals surface area contributed by atoms with E-state index in [9.17, 15) is 14.9 Å². The van der Waals surface area contributed by atoms with Gasteiger partial charge in [-0.3, -0.25) is 14.9 Å². The summed E-state index contributed by atoms with van der Waals surface area (Å²) in [7, 11) is 0. The van der Waals surface area contributed by atoms with E-state index >= 15 is 0 Å². The molecule has 0 heterocycles. The first kappa shape index (κ1) is 17.1. The second-order valence-corrected chi connectivity index (χ2v) is 5.42. The molecule has 0 fully saturated rings. The maximum atomic E-state index is 12.0. The van der Waals surface area contributed by atoms with Crippen molar-refractivity contribution in [2.75, 3.05) is 18.4 Å². The number of amides is 1. The van der Waals surface area contributed by atoms with Crippen molar-refractivity contribution in [3.8, 4) is 0 Å². The number of carbonyl (C=O) groups is 1. The highest BCUT2D eigenvalue weighted by atomic mass is 35.5. The summed E-state index contributed by atoms with van der Waals surface area (Å²) in [5, 5.41) is 17.2. The van der Waals surface area contributed by atoms with E-state index in [0.29, 0.717) is 22.8 Å². The van der Waals surface area contributed by atoms with Gasteiger partial charge in [-0.15, -0.1) is 0 Å². The van der Waals surface area contributed by atoms with Crippen LogP contribution in [0.3, 0.4) is 0 Å². The molecule has 0 aliphatic heterocycles. The number of nitrogens with zero attached hydrogens (tertiary/aromatic N) is 1. The average molecular weight is 354 g/mol. The van der Waals surface area contributed by atoms with Crippen molar-refractivity contribution in [2.45, 2.75) is 0 Å². The number of hydrogen-bond acceptors (Lipinski definition) is 4. The van der Waals surface area contributed by atoms with E-state index in [0.717, 1.165) is 0 Å². The van der Waals surface area contributed by atoms with Crippen LogP contribution in [0.1, 0.15) is 10.4 Å². The topological polar surface area (TPSA) is 84.3 Å². The van der Waals surface area contributed by atoms with Crippen molar-refractivity contribution in [1.29, 1.82) is 0 Å². The SMILES string of the molecule is O=C(NCCNc1ccccc1[N+](=O)[O-])c1ccc(Cl)cc1Cl. The van der Waals surface area contributed by atoms with Crippen LogP contribution >= 0.6 is 23.2 Å². The normalized spacial score (nSPS) is 10.2. The molecule has 6 nitrogen and oxygen atoms in total. The van der Waals surface area contributed by atoms with Crippen LogP contribution < -0.4 is 10.6 Å². The minimum absolute atomic E-state index is 0.0143. The van der Waals surface area contributed by atoms with Gasteiger partial charge in [-0.25, -0.2) is 0 Å². The first-order valence-electron chi connectivity index (χ1n) is 6.69. The lowest BCUT2D eigenvalue weighted by Gasteiger charge is -2.09. The minimum atomic E-state index is -0.464. The van der Waals surface area contributed by atoms with Crippen molar-refractivity contribution in [3.63, 3.8) is 0 Å². The second kappa shape index (κ2) is 7.80. The third kappa shape index (κ3) is 4.58. The highest BCUT2D eigenvalue weighted by Gasteiger charge is 2.12. The molecule has 0 aliphatic rings. The third-order valence-corrected chi connectivity index (χ3v) is 3.55. The number of carbonyl (C=O) groups excluding carboxylic acids is 1. The summed E-state index contributed by atoms with van der Waals surface area (Å²) in [5.41, 5.74) is 0.706. The smallest absolute Gasteiger partial charge is 0.292 e. The van der Waals surface area contributed by atoms with E-state index in [1.165, 1.54) is 18.2 Å². The molecule has 0 bridgehead atoms. The zero-order chi connectivity index (χ0) is 16.8. The molecule has 2 rings (SSSR count). The Morgan fingerprint density at radius 1 is 1.13 bits per heavy atom. The molecule has 0 saturated carbocycles. The number of nitro groups is 1. The number of rotatable bonds is 6. The van der Waals surface area contributed by atoms with Crippen molar-refractivity contribution in [1.82, 2.24) is 5.32 Å². The lowest BCUT2D eigenvalue weighted by molar-refractivity contribution is -0.384. The molecule has 23 heavy (non-hydrogen) atoms. The molecule has 2 aromatic rings. The Hall–Kier alpha value is -2.31. The van der Waals surface area contributed by atoms with Crippen LogP contribution in [0.5, 0.6) is 0 Å². The van der Waals surface area contributed by atoms with E-state index in [4.69, 9.17) is 23.2 Å². The predicted octanol–water partition coefficient (Wildman–Crippen LogP) is 3.74. The van der Waals surface area contributed by atoms with Crippen molar-refractivity contribution >= 4 is 40.5 Å². The van der Waals surface area contributed by atoms with Crippen LogP contribution in [0.4, 0.5) is 11.4 Å². The quantitative estimate of drug-likeness (QED) is 0.470. The molecule has 0 saturated heterocycles. The molecular weight excluding hydrogens is 341 g/mol. The fourth-order valence-electron chi connectivity index (χ4n) is 1.92. The molecule has 1 amide bonds. The van der Waals surface area contributed by atoms with E-state index in [1.807, 2.05) is 0 Å². The van der Waals surface area contributed by atoms with Gasteiger partial charge >= 0.3 is 0 Å². The monoisotopic (exact) mass is 353 g/mol. The molecule has 2 aromatic carbocycles. The van der Waals surface area contributed by atoms with Crippen molar-refractivity contribution < 1.29 is 9.72 Å². The summed E-state index contributed by atoms with van der Waals surface area (Å²) in [6.07, 6.45) is 0. The van der Waals surface area contributed by atoms with Gasteiger partial charge in [0, 0.05) is 24.2 Å². The van der Waals surface area contributed by atoms with Gasteiger partial charge in [0.25, 0.3) is 11.6 Å². The number of hydrogen-bond donors (Lipinski definition) is 2. The van der Waals surface area contributed by atoms with Crippen LogP contribution in [0.25, 0.3) is 0 Å². The number of benzene rings is 2. The summed E-state index contributed by atoms with van der Waals surface area (Å²) in [6, 6.07) is 10.9. The van der Waals surface area contributed by atoms with Gasteiger partial charge in [-0.2, -0.15) is 0 Å². The lowest BCUT2D eigenvalue weighted by Crippen LogP contribution is -2.29. The Balaban J connectivity index is 1.88. The molecule has 0 aliphatic carbocycles. The number of para-hydroxylation sites is 2. The summed E-state index contributed by atoms with van der Waals surface area (Å²) in [6.45, 7) is 0.617. The second-order valence-electron chi connectivity index (χ2n) is 4.58. The van der Waals surface area contributed by atoms with Crippen LogP contribution in [-0.4, -0.2) is 23.9 Å². The summed E-state index contributed by atoms with van der Waals surface area (Å²) in [4.78, 5) is 22.4. The highest BCUT2D eigenvalue weighted by molar-refractivity contribution is 6.36.